The van der Waals surface area contributed by atoms with Gasteiger partial charge in [-0.2, -0.15) is 4.98 Å². The van der Waals surface area contributed by atoms with Gasteiger partial charge in [0, 0.05) is 56.2 Å². The fourth-order valence-electron chi connectivity index (χ4n) is 3.92. The molecule has 4 aromatic heterocycles. The number of Topliss-reactive ketones (excluding diaryl/α,β-unsaturated/α-hetero) is 1. The van der Waals surface area contributed by atoms with E-state index in [0.29, 0.717) is 18.1 Å². The summed E-state index contributed by atoms with van der Waals surface area (Å²) in [6.45, 7) is 3.93. The third kappa shape index (κ3) is 5.18. The normalized spacial score (nSPS) is 13.8. The summed E-state index contributed by atoms with van der Waals surface area (Å²) < 4.78 is 7.49. The first-order chi connectivity index (χ1) is 16.8. The molecule has 0 radical (unpaired) electrons. The number of rotatable bonds is 9. The average Bonchev–Trinajstić information content (AvgIpc) is 3.30. The second-order valence-electron chi connectivity index (χ2n) is 8.08. The number of carbonyl (C=O) groups is 1. The summed E-state index contributed by atoms with van der Waals surface area (Å²) in [6.07, 6.45) is 12.3. The van der Waals surface area contributed by atoms with E-state index in [1.807, 2.05) is 30.6 Å². The molecule has 0 amide bonds. The maximum absolute atomic E-state index is 12.2. The molecule has 0 aromatic carbocycles. The number of unbranched alkanes of at least 4 members (excludes halogenated alkanes) is 1. The Morgan fingerprint density at radius 3 is 2.71 bits per heavy atom. The number of fused-ring (bicyclic) bond motifs is 1. The number of ketones is 1. The first-order valence-corrected chi connectivity index (χ1v) is 11.4. The van der Waals surface area contributed by atoms with Gasteiger partial charge in [0.15, 0.2) is 5.78 Å². The predicted molar refractivity (Wildman–Crippen MR) is 128 cm³/mol. The van der Waals surface area contributed by atoms with Gasteiger partial charge in [-0.1, -0.05) is 0 Å². The van der Waals surface area contributed by atoms with Gasteiger partial charge in [0.2, 0.25) is 5.95 Å². The minimum atomic E-state index is 0.0209. The van der Waals surface area contributed by atoms with Crippen LogP contribution in [-0.4, -0.2) is 61.6 Å². The van der Waals surface area contributed by atoms with E-state index in [0.717, 1.165) is 68.2 Å². The smallest absolute Gasteiger partial charge is 0.229 e. The van der Waals surface area contributed by atoms with Crippen LogP contribution in [0.15, 0.2) is 55.4 Å². The van der Waals surface area contributed by atoms with E-state index in [1.165, 1.54) is 6.20 Å². The Bertz CT molecular complexity index is 1240. The number of nitrogens with one attached hydrogen (secondary N) is 1. The van der Waals surface area contributed by atoms with Crippen LogP contribution in [0.5, 0.6) is 0 Å². The molecular weight excluding hydrogens is 432 g/mol. The van der Waals surface area contributed by atoms with E-state index >= 15 is 0 Å². The van der Waals surface area contributed by atoms with Gasteiger partial charge in [-0.05, 0) is 31.0 Å². The lowest BCUT2D eigenvalue weighted by molar-refractivity contribution is 0.0973. The number of carbonyl (C=O) groups excluding carboxylic acids is 1. The highest BCUT2D eigenvalue weighted by atomic mass is 16.5. The number of hydrogen-bond acceptors (Lipinski definition) is 9. The Balaban J connectivity index is 1.18. The molecule has 1 N–H and O–H groups in total. The van der Waals surface area contributed by atoms with Crippen LogP contribution in [0.1, 0.15) is 29.8 Å². The van der Waals surface area contributed by atoms with Gasteiger partial charge in [0.25, 0.3) is 0 Å². The minimum absolute atomic E-state index is 0.0209. The van der Waals surface area contributed by atoms with Crippen LogP contribution in [0.2, 0.25) is 0 Å². The summed E-state index contributed by atoms with van der Waals surface area (Å²) in [5.41, 5.74) is 2.11. The molecule has 34 heavy (non-hydrogen) atoms. The molecule has 10 nitrogen and oxygen atoms in total. The van der Waals surface area contributed by atoms with Crippen LogP contribution in [-0.2, 0) is 11.3 Å². The van der Waals surface area contributed by atoms with Crippen LogP contribution in [0.3, 0.4) is 0 Å². The molecule has 1 saturated heterocycles. The number of aromatic nitrogens is 6. The Hall–Kier alpha value is -3.92. The monoisotopic (exact) mass is 458 g/mol. The minimum Gasteiger partial charge on any atom is -0.378 e. The number of anilines is 3. The molecule has 1 aliphatic heterocycles. The quantitative estimate of drug-likeness (QED) is 0.298. The molecule has 5 rings (SSSR count). The van der Waals surface area contributed by atoms with Crippen molar-refractivity contribution in [3.63, 3.8) is 0 Å². The van der Waals surface area contributed by atoms with Gasteiger partial charge in [0.1, 0.15) is 17.2 Å². The van der Waals surface area contributed by atoms with E-state index in [-0.39, 0.29) is 5.78 Å². The first kappa shape index (κ1) is 21.9. The molecule has 0 spiro atoms. The standard InChI is InChI=1S/C24H26N8O2/c33-21(20-17-25-7-8-26-20)3-1-2-9-32-10-6-18-15-28-24(30-23(18)32)29-19-4-5-22(27-16-19)31-11-13-34-14-12-31/h4-8,10,15-17H,1-3,9,11-14H2,(H,28,29,30). The van der Waals surface area contributed by atoms with Crippen molar-refractivity contribution < 1.29 is 9.53 Å². The second kappa shape index (κ2) is 10.3. The molecule has 1 aliphatic rings. The number of nitrogens with zero attached hydrogens (tertiary/aromatic N) is 7. The summed E-state index contributed by atoms with van der Waals surface area (Å²) in [5.74, 6) is 1.48. The Labute approximate surface area is 197 Å². The van der Waals surface area contributed by atoms with Gasteiger partial charge >= 0.3 is 0 Å². The topological polar surface area (TPSA) is 111 Å². The summed E-state index contributed by atoms with van der Waals surface area (Å²) in [7, 11) is 0. The fourth-order valence-corrected chi connectivity index (χ4v) is 3.92. The van der Waals surface area contributed by atoms with Crippen LogP contribution in [0.25, 0.3) is 11.0 Å². The summed E-state index contributed by atoms with van der Waals surface area (Å²) in [4.78, 5) is 36.1. The van der Waals surface area contributed by atoms with E-state index in [2.05, 4.69) is 34.7 Å². The van der Waals surface area contributed by atoms with E-state index in [9.17, 15) is 4.79 Å². The SMILES string of the molecule is O=C(CCCCn1ccc2cnc(Nc3ccc(N4CCOCC4)nc3)nc21)c1cnccn1. The van der Waals surface area contributed by atoms with E-state index in [1.54, 1.807) is 18.6 Å². The highest BCUT2D eigenvalue weighted by Gasteiger charge is 2.13. The van der Waals surface area contributed by atoms with Gasteiger partial charge in [-0.25, -0.2) is 15.0 Å². The number of ether oxygens (including phenoxy) is 1. The van der Waals surface area contributed by atoms with Crippen molar-refractivity contribution in [3.8, 4) is 0 Å². The van der Waals surface area contributed by atoms with Crippen molar-refractivity contribution >= 4 is 34.3 Å². The molecule has 0 saturated carbocycles. The fraction of sp³-hybridized carbons (Fsp3) is 0.333. The predicted octanol–water partition coefficient (Wildman–Crippen LogP) is 3.25. The largest absolute Gasteiger partial charge is 0.378 e. The zero-order valence-electron chi connectivity index (χ0n) is 18.8. The number of aryl methyl sites for hydroxylation is 1. The Kier molecular flexibility index (Phi) is 6.66. The summed E-state index contributed by atoms with van der Waals surface area (Å²) >= 11 is 0. The second-order valence-corrected chi connectivity index (χ2v) is 8.08. The van der Waals surface area contributed by atoms with Gasteiger partial charge in [-0.3, -0.25) is 9.78 Å². The Morgan fingerprint density at radius 2 is 1.91 bits per heavy atom. The molecule has 4 aromatic rings. The van der Waals surface area contributed by atoms with E-state index in [4.69, 9.17) is 9.72 Å². The van der Waals surface area contributed by atoms with Crippen molar-refractivity contribution in [1.82, 2.24) is 29.5 Å². The zero-order valence-corrected chi connectivity index (χ0v) is 18.8. The van der Waals surface area contributed by atoms with E-state index < -0.39 is 0 Å². The first-order valence-electron chi connectivity index (χ1n) is 11.4. The van der Waals surface area contributed by atoms with Crippen molar-refractivity contribution in [2.45, 2.75) is 25.8 Å². The number of pyridine rings is 1. The van der Waals surface area contributed by atoms with Crippen LogP contribution < -0.4 is 10.2 Å². The van der Waals surface area contributed by atoms with Crippen molar-refractivity contribution in [3.05, 3.63) is 61.1 Å². The highest BCUT2D eigenvalue weighted by Crippen LogP contribution is 2.20. The van der Waals surface area contributed by atoms with Crippen LogP contribution in [0, 0.1) is 0 Å². The Morgan fingerprint density at radius 1 is 1.00 bits per heavy atom. The maximum Gasteiger partial charge on any atom is 0.229 e. The number of hydrogen-bond donors (Lipinski definition) is 1. The van der Waals surface area contributed by atoms with Crippen LogP contribution in [0.4, 0.5) is 17.5 Å². The molecule has 0 unspecified atom stereocenters. The lowest BCUT2D eigenvalue weighted by Gasteiger charge is -2.27. The molecule has 0 bridgehead atoms. The molecule has 1 fully saturated rings. The highest BCUT2D eigenvalue weighted by molar-refractivity contribution is 5.93. The van der Waals surface area contributed by atoms with Crippen molar-refractivity contribution in [1.29, 1.82) is 0 Å². The van der Waals surface area contributed by atoms with Gasteiger partial charge in [-0.15, -0.1) is 0 Å². The summed E-state index contributed by atoms with van der Waals surface area (Å²) in [5, 5.41) is 4.22. The number of morpholine rings is 1. The lowest BCUT2D eigenvalue weighted by Crippen LogP contribution is -2.36. The molecular formula is C24H26N8O2. The van der Waals surface area contributed by atoms with Crippen molar-refractivity contribution in [2.75, 3.05) is 36.5 Å². The molecule has 174 valence electrons. The average molecular weight is 459 g/mol. The van der Waals surface area contributed by atoms with Gasteiger partial charge < -0.3 is 19.5 Å². The third-order valence-electron chi connectivity index (χ3n) is 5.74. The molecule has 5 heterocycles. The van der Waals surface area contributed by atoms with Crippen molar-refractivity contribution in [2.24, 2.45) is 0 Å². The molecule has 0 aliphatic carbocycles. The van der Waals surface area contributed by atoms with Crippen LogP contribution >= 0.6 is 0 Å². The maximum atomic E-state index is 12.2. The third-order valence-corrected chi connectivity index (χ3v) is 5.74. The van der Waals surface area contributed by atoms with Gasteiger partial charge in [0.05, 0.1) is 31.3 Å². The zero-order chi connectivity index (χ0) is 23.2. The molecule has 0 atom stereocenters. The summed E-state index contributed by atoms with van der Waals surface area (Å²) in [6, 6.07) is 5.98. The molecule has 10 heteroatoms. The lowest BCUT2D eigenvalue weighted by atomic mass is 10.1.